The van der Waals surface area contributed by atoms with E-state index < -0.39 is 17.6 Å². The zero-order chi connectivity index (χ0) is 25.1. The second-order valence-corrected chi connectivity index (χ2v) is 9.84. The predicted molar refractivity (Wildman–Crippen MR) is 128 cm³/mol. The Bertz CT molecular complexity index is 1070. The van der Waals surface area contributed by atoms with Crippen LogP contribution in [0.3, 0.4) is 0 Å². The number of carbonyl (C=O) groups is 1. The predicted octanol–water partition coefficient (Wildman–Crippen LogP) is 2.42. The number of pyridine rings is 1. The number of halogens is 3. The van der Waals surface area contributed by atoms with Gasteiger partial charge in [-0.05, 0) is 37.5 Å². The van der Waals surface area contributed by atoms with Crippen molar-refractivity contribution in [2.45, 2.75) is 43.9 Å². The Kier molecular flexibility index (Phi) is 7.73. The van der Waals surface area contributed by atoms with Crippen LogP contribution in [0.2, 0.25) is 0 Å². The number of carbonyl (C=O) groups excluding carboxylic acids is 1. The van der Waals surface area contributed by atoms with Gasteiger partial charge in [0.15, 0.2) is 11.6 Å². The first-order valence-corrected chi connectivity index (χ1v) is 12.7. The molecule has 2 atom stereocenters. The van der Waals surface area contributed by atoms with Crippen LogP contribution >= 0.6 is 0 Å². The van der Waals surface area contributed by atoms with Crippen LogP contribution < -0.4 is 15.4 Å². The molecule has 1 saturated carbocycles. The highest BCUT2D eigenvalue weighted by molar-refractivity contribution is 5.78. The SMILES string of the molecule is O=C(CN1CCNCC1)N1CCC(NC2C[C@@H]2c2cc(F)cc(F)c2OCc2cccnc2F)CC1. The smallest absolute Gasteiger partial charge is 0.236 e. The van der Waals surface area contributed by atoms with E-state index in [0.717, 1.165) is 51.5 Å². The van der Waals surface area contributed by atoms with Gasteiger partial charge in [0, 0.05) is 80.7 Å². The molecule has 1 amide bonds. The molecule has 36 heavy (non-hydrogen) atoms. The van der Waals surface area contributed by atoms with Gasteiger partial charge in [-0.2, -0.15) is 4.39 Å². The first kappa shape index (κ1) is 25.0. The minimum atomic E-state index is -0.795. The third-order valence-electron chi connectivity index (χ3n) is 7.30. The maximum Gasteiger partial charge on any atom is 0.236 e. The number of piperazine rings is 1. The zero-order valence-corrected chi connectivity index (χ0v) is 20.2. The number of nitrogens with one attached hydrogen (secondary N) is 2. The molecule has 1 aromatic heterocycles. The zero-order valence-electron chi connectivity index (χ0n) is 20.2. The van der Waals surface area contributed by atoms with Gasteiger partial charge in [0.25, 0.3) is 0 Å². The van der Waals surface area contributed by atoms with Gasteiger partial charge in [0.2, 0.25) is 11.9 Å². The van der Waals surface area contributed by atoms with E-state index in [1.807, 2.05) is 4.90 Å². The summed E-state index contributed by atoms with van der Waals surface area (Å²) in [5, 5.41) is 6.90. The molecule has 0 radical (unpaired) electrons. The van der Waals surface area contributed by atoms with Crippen LogP contribution in [-0.4, -0.2) is 78.6 Å². The average Bonchev–Trinajstić information content (AvgIpc) is 3.64. The molecular formula is C26H32F3N5O2. The van der Waals surface area contributed by atoms with Gasteiger partial charge < -0.3 is 20.3 Å². The van der Waals surface area contributed by atoms with E-state index in [2.05, 4.69) is 20.5 Å². The van der Waals surface area contributed by atoms with Crippen molar-refractivity contribution in [3.8, 4) is 5.75 Å². The molecule has 0 spiro atoms. The number of nitrogens with zero attached hydrogens (tertiary/aromatic N) is 3. The number of benzene rings is 1. The Balaban J connectivity index is 1.14. The van der Waals surface area contributed by atoms with Crippen LogP contribution in [0, 0.1) is 17.6 Å². The highest BCUT2D eigenvalue weighted by Crippen LogP contribution is 2.46. The molecule has 3 heterocycles. The largest absolute Gasteiger partial charge is 0.485 e. The summed E-state index contributed by atoms with van der Waals surface area (Å²) < 4.78 is 48.2. The molecule has 3 fully saturated rings. The highest BCUT2D eigenvalue weighted by Gasteiger charge is 2.42. The number of piperidine rings is 1. The van der Waals surface area contributed by atoms with Crippen molar-refractivity contribution in [1.29, 1.82) is 0 Å². The molecule has 7 nitrogen and oxygen atoms in total. The molecule has 1 unspecified atom stereocenters. The second-order valence-electron chi connectivity index (χ2n) is 9.84. The van der Waals surface area contributed by atoms with E-state index in [0.29, 0.717) is 25.2 Å². The molecule has 1 aromatic carbocycles. The van der Waals surface area contributed by atoms with E-state index in [9.17, 15) is 18.0 Å². The minimum Gasteiger partial charge on any atom is -0.485 e. The first-order chi connectivity index (χ1) is 17.5. The lowest BCUT2D eigenvalue weighted by Gasteiger charge is -2.35. The van der Waals surface area contributed by atoms with E-state index in [4.69, 9.17) is 4.74 Å². The number of likely N-dealkylation sites (tertiary alicyclic amines) is 1. The summed E-state index contributed by atoms with van der Waals surface area (Å²) in [4.78, 5) is 20.4. The lowest BCUT2D eigenvalue weighted by molar-refractivity contribution is -0.133. The molecule has 1 aliphatic carbocycles. The van der Waals surface area contributed by atoms with Crippen molar-refractivity contribution in [3.63, 3.8) is 0 Å². The average molecular weight is 504 g/mol. The lowest BCUT2D eigenvalue weighted by atomic mass is 10.0. The molecule has 2 saturated heterocycles. The van der Waals surface area contributed by atoms with Crippen molar-refractivity contribution < 1.29 is 22.7 Å². The topological polar surface area (TPSA) is 69.7 Å². The van der Waals surface area contributed by atoms with Crippen molar-refractivity contribution in [2.24, 2.45) is 0 Å². The number of aromatic nitrogens is 1. The number of amides is 1. The van der Waals surface area contributed by atoms with E-state index >= 15 is 0 Å². The lowest BCUT2D eigenvalue weighted by Crippen LogP contribution is -2.51. The van der Waals surface area contributed by atoms with Gasteiger partial charge in [0.1, 0.15) is 12.4 Å². The minimum absolute atomic E-state index is 0.0396. The van der Waals surface area contributed by atoms with E-state index in [-0.39, 0.29) is 41.8 Å². The molecular weight excluding hydrogens is 471 g/mol. The number of hydrogen-bond acceptors (Lipinski definition) is 6. The van der Waals surface area contributed by atoms with E-state index in [1.165, 1.54) is 18.3 Å². The fraction of sp³-hybridized carbons (Fsp3) is 0.538. The van der Waals surface area contributed by atoms with Gasteiger partial charge in [-0.15, -0.1) is 0 Å². The van der Waals surface area contributed by atoms with Crippen LogP contribution in [0.1, 0.15) is 36.3 Å². The molecule has 194 valence electrons. The molecule has 2 aromatic rings. The quantitative estimate of drug-likeness (QED) is 0.540. The Hall–Kier alpha value is -2.69. The standard InChI is InChI=1S/C26H32F3N5O2/c27-18-12-21(25(22(28)13-18)36-16-17-2-1-5-31-26(17)29)20-14-23(20)32-19-3-8-34(9-4-19)24(35)15-33-10-6-30-7-11-33/h1-2,5,12-13,19-20,23,30,32H,3-4,6-11,14-16H2/t20-,23?/m1/s1. The van der Waals surface area contributed by atoms with Crippen LogP contribution in [0.25, 0.3) is 0 Å². The molecule has 3 aliphatic rings. The van der Waals surface area contributed by atoms with Crippen LogP contribution in [0.15, 0.2) is 30.5 Å². The third-order valence-corrected chi connectivity index (χ3v) is 7.30. The Labute approximate surface area is 209 Å². The normalized spacial score (nSPS) is 23.0. The van der Waals surface area contributed by atoms with E-state index in [1.54, 1.807) is 6.07 Å². The van der Waals surface area contributed by atoms with Crippen molar-refractivity contribution in [3.05, 3.63) is 59.2 Å². The van der Waals surface area contributed by atoms with Crippen LogP contribution in [0.4, 0.5) is 13.2 Å². The number of ether oxygens (including phenoxy) is 1. The molecule has 0 bridgehead atoms. The van der Waals surface area contributed by atoms with Gasteiger partial charge in [-0.25, -0.2) is 13.8 Å². The number of hydrogen-bond donors (Lipinski definition) is 2. The fourth-order valence-electron chi connectivity index (χ4n) is 5.17. The molecule has 5 rings (SSSR count). The van der Waals surface area contributed by atoms with Gasteiger partial charge >= 0.3 is 0 Å². The van der Waals surface area contributed by atoms with Gasteiger partial charge in [-0.3, -0.25) is 9.69 Å². The molecule has 2 aliphatic heterocycles. The Morgan fingerprint density at radius 1 is 1.14 bits per heavy atom. The number of rotatable bonds is 8. The summed E-state index contributed by atoms with van der Waals surface area (Å²) in [7, 11) is 0. The van der Waals surface area contributed by atoms with Crippen LogP contribution in [0.5, 0.6) is 5.75 Å². The third kappa shape index (κ3) is 5.99. The highest BCUT2D eigenvalue weighted by atomic mass is 19.1. The maximum atomic E-state index is 14.6. The Morgan fingerprint density at radius 3 is 2.67 bits per heavy atom. The fourth-order valence-corrected chi connectivity index (χ4v) is 5.17. The van der Waals surface area contributed by atoms with Crippen LogP contribution in [-0.2, 0) is 11.4 Å². The monoisotopic (exact) mass is 503 g/mol. The maximum absolute atomic E-state index is 14.6. The summed E-state index contributed by atoms with van der Waals surface area (Å²) in [5.74, 6) is -2.08. The van der Waals surface area contributed by atoms with Gasteiger partial charge in [-0.1, -0.05) is 0 Å². The summed E-state index contributed by atoms with van der Waals surface area (Å²) >= 11 is 0. The summed E-state index contributed by atoms with van der Waals surface area (Å²) in [5.41, 5.74) is 0.661. The Morgan fingerprint density at radius 2 is 1.92 bits per heavy atom. The van der Waals surface area contributed by atoms with Crippen molar-refractivity contribution in [2.75, 3.05) is 45.8 Å². The van der Waals surface area contributed by atoms with Gasteiger partial charge in [0.05, 0.1) is 6.54 Å². The van der Waals surface area contributed by atoms with Crippen molar-refractivity contribution in [1.82, 2.24) is 25.4 Å². The first-order valence-electron chi connectivity index (χ1n) is 12.7. The molecule has 10 heteroatoms. The summed E-state index contributed by atoms with van der Waals surface area (Å²) in [6.45, 7) is 5.34. The van der Waals surface area contributed by atoms with Crippen molar-refractivity contribution >= 4 is 5.91 Å². The second kappa shape index (κ2) is 11.1. The summed E-state index contributed by atoms with van der Waals surface area (Å²) in [6, 6.07) is 5.52. The summed E-state index contributed by atoms with van der Waals surface area (Å²) in [6.07, 6.45) is 3.76. The molecule has 2 N–H and O–H groups in total.